The van der Waals surface area contributed by atoms with E-state index >= 15 is 0 Å². The minimum atomic E-state index is 0.571. The molecule has 6 heteroatoms. The highest BCUT2D eigenvalue weighted by molar-refractivity contribution is 6.15. The van der Waals surface area contributed by atoms with Crippen LogP contribution in [-0.2, 0) is 0 Å². The van der Waals surface area contributed by atoms with Crippen molar-refractivity contribution in [3.8, 4) is 56.8 Å². The Kier molecular flexibility index (Phi) is 6.70. The number of benzene rings is 7. The fourth-order valence-corrected chi connectivity index (χ4v) is 6.89. The molecule has 3 heterocycles. The topological polar surface area (TPSA) is 77.6 Å². The molecule has 0 bridgehead atoms. The standard InChI is InChI=1S/C45H27N5O/c1-3-14-29(15-4-1)42-48-43(30-16-5-2-6-17-30)50-44(49-42)35-21-12-24-38-39(35)34-20-11-22-36(41(34)51-38)45-46-37-23-10-9-19-33(37)40(47-45)32-26-25-28-13-7-8-18-31(28)27-32/h1-27H. The molecule has 0 atom stereocenters. The van der Waals surface area contributed by atoms with E-state index in [1.807, 2.05) is 109 Å². The van der Waals surface area contributed by atoms with E-state index < -0.39 is 0 Å². The zero-order valence-corrected chi connectivity index (χ0v) is 27.2. The summed E-state index contributed by atoms with van der Waals surface area (Å²) in [6, 6.07) is 55.2. The molecule has 10 aromatic rings. The quantitative estimate of drug-likeness (QED) is 0.184. The Morgan fingerprint density at radius 3 is 1.76 bits per heavy atom. The molecule has 0 amide bonds. The smallest absolute Gasteiger partial charge is 0.164 e. The normalized spacial score (nSPS) is 11.5. The van der Waals surface area contributed by atoms with E-state index in [-0.39, 0.29) is 0 Å². The summed E-state index contributed by atoms with van der Waals surface area (Å²) in [4.78, 5) is 25.3. The van der Waals surface area contributed by atoms with Crippen molar-refractivity contribution in [2.75, 3.05) is 0 Å². The molecule has 0 radical (unpaired) electrons. The second kappa shape index (κ2) is 11.8. The Balaban J connectivity index is 1.18. The van der Waals surface area contributed by atoms with Gasteiger partial charge in [-0.3, -0.25) is 0 Å². The van der Waals surface area contributed by atoms with Gasteiger partial charge >= 0.3 is 0 Å². The van der Waals surface area contributed by atoms with Gasteiger partial charge in [0.25, 0.3) is 0 Å². The fourth-order valence-electron chi connectivity index (χ4n) is 6.89. The van der Waals surface area contributed by atoms with Crippen molar-refractivity contribution in [1.82, 2.24) is 24.9 Å². The van der Waals surface area contributed by atoms with Gasteiger partial charge in [-0.1, -0.05) is 140 Å². The maximum absolute atomic E-state index is 6.69. The summed E-state index contributed by atoms with van der Waals surface area (Å²) in [5.41, 5.74) is 7.72. The molecule has 51 heavy (non-hydrogen) atoms. The lowest BCUT2D eigenvalue weighted by Gasteiger charge is -2.10. The predicted octanol–water partition coefficient (Wildman–Crippen LogP) is 11.2. The first kappa shape index (κ1) is 28.9. The third kappa shape index (κ3) is 5.01. The molecule has 0 fully saturated rings. The first-order valence-corrected chi connectivity index (χ1v) is 16.8. The molecule has 0 aliphatic heterocycles. The van der Waals surface area contributed by atoms with Crippen LogP contribution >= 0.6 is 0 Å². The van der Waals surface area contributed by atoms with E-state index in [1.165, 1.54) is 5.39 Å². The second-order valence-corrected chi connectivity index (χ2v) is 12.5. The number of aromatic nitrogens is 5. The number of rotatable bonds is 5. The largest absolute Gasteiger partial charge is 0.455 e. The summed E-state index contributed by atoms with van der Waals surface area (Å²) < 4.78 is 6.69. The average Bonchev–Trinajstić information content (AvgIpc) is 3.60. The molecule has 238 valence electrons. The SMILES string of the molecule is c1ccc(-c2nc(-c3ccccc3)nc(-c3cccc4oc5c(-c6nc(-c7ccc8ccccc8c7)c7ccccc7n6)cccc5c34)n2)cc1. The molecule has 0 unspecified atom stereocenters. The van der Waals surface area contributed by atoms with Crippen LogP contribution in [0.3, 0.4) is 0 Å². The van der Waals surface area contributed by atoms with Crippen LogP contribution in [0.1, 0.15) is 0 Å². The molecule has 0 N–H and O–H groups in total. The van der Waals surface area contributed by atoms with Crippen molar-refractivity contribution in [3.05, 3.63) is 164 Å². The van der Waals surface area contributed by atoms with Gasteiger partial charge in [-0.2, -0.15) is 0 Å². The lowest BCUT2D eigenvalue weighted by Crippen LogP contribution is -2.00. The zero-order chi connectivity index (χ0) is 33.7. The number of furan rings is 1. The van der Waals surface area contributed by atoms with Crippen LogP contribution in [-0.4, -0.2) is 24.9 Å². The van der Waals surface area contributed by atoms with Crippen molar-refractivity contribution >= 4 is 43.6 Å². The van der Waals surface area contributed by atoms with Gasteiger partial charge in [-0.25, -0.2) is 24.9 Å². The van der Waals surface area contributed by atoms with E-state index in [4.69, 9.17) is 29.3 Å². The van der Waals surface area contributed by atoms with Crippen molar-refractivity contribution in [2.45, 2.75) is 0 Å². The summed E-state index contributed by atoms with van der Waals surface area (Å²) in [6.07, 6.45) is 0. The Hall–Kier alpha value is -7.05. The van der Waals surface area contributed by atoms with E-state index in [9.17, 15) is 0 Å². The number of fused-ring (bicyclic) bond motifs is 5. The third-order valence-electron chi connectivity index (χ3n) is 9.33. The molecule has 6 nitrogen and oxygen atoms in total. The van der Waals surface area contributed by atoms with E-state index in [0.29, 0.717) is 28.9 Å². The van der Waals surface area contributed by atoms with Crippen LogP contribution in [0.2, 0.25) is 0 Å². The molecule has 0 saturated heterocycles. The summed E-state index contributed by atoms with van der Waals surface area (Å²) >= 11 is 0. The van der Waals surface area contributed by atoms with Crippen LogP contribution in [0, 0.1) is 0 Å². The van der Waals surface area contributed by atoms with Crippen molar-refractivity contribution < 1.29 is 4.42 Å². The molecule has 3 aromatic heterocycles. The molecule has 10 rings (SSSR count). The number of hydrogen-bond donors (Lipinski definition) is 0. The highest BCUT2D eigenvalue weighted by Crippen LogP contribution is 2.41. The number of para-hydroxylation sites is 2. The summed E-state index contributed by atoms with van der Waals surface area (Å²) in [5.74, 6) is 2.38. The van der Waals surface area contributed by atoms with Crippen LogP contribution in [0.25, 0.3) is 100 Å². The Morgan fingerprint density at radius 1 is 0.373 bits per heavy atom. The van der Waals surface area contributed by atoms with Gasteiger partial charge in [0, 0.05) is 38.4 Å². The van der Waals surface area contributed by atoms with E-state index in [0.717, 1.165) is 66.2 Å². The van der Waals surface area contributed by atoms with E-state index in [1.54, 1.807) is 0 Å². The molecule has 7 aromatic carbocycles. The highest BCUT2D eigenvalue weighted by Gasteiger charge is 2.21. The summed E-state index contributed by atoms with van der Waals surface area (Å²) in [6.45, 7) is 0. The van der Waals surface area contributed by atoms with Gasteiger partial charge in [-0.05, 0) is 35.0 Å². The number of nitrogens with zero attached hydrogens (tertiary/aromatic N) is 5. The van der Waals surface area contributed by atoms with Crippen LogP contribution < -0.4 is 0 Å². The van der Waals surface area contributed by atoms with Crippen molar-refractivity contribution in [2.24, 2.45) is 0 Å². The maximum Gasteiger partial charge on any atom is 0.164 e. The predicted molar refractivity (Wildman–Crippen MR) is 205 cm³/mol. The Morgan fingerprint density at radius 2 is 0.980 bits per heavy atom. The molecule has 0 spiro atoms. The van der Waals surface area contributed by atoms with Gasteiger partial charge in [-0.15, -0.1) is 0 Å². The van der Waals surface area contributed by atoms with Gasteiger partial charge < -0.3 is 4.42 Å². The average molecular weight is 654 g/mol. The highest BCUT2D eigenvalue weighted by atomic mass is 16.3. The maximum atomic E-state index is 6.69. The lowest BCUT2D eigenvalue weighted by molar-refractivity contribution is 0.669. The summed E-state index contributed by atoms with van der Waals surface area (Å²) in [5, 5.41) is 5.20. The van der Waals surface area contributed by atoms with Gasteiger partial charge in [0.2, 0.25) is 0 Å². The van der Waals surface area contributed by atoms with Crippen LogP contribution in [0.5, 0.6) is 0 Å². The number of hydrogen-bond acceptors (Lipinski definition) is 6. The van der Waals surface area contributed by atoms with Gasteiger partial charge in [0.05, 0.1) is 16.8 Å². The van der Waals surface area contributed by atoms with Crippen molar-refractivity contribution in [1.29, 1.82) is 0 Å². The summed E-state index contributed by atoms with van der Waals surface area (Å²) in [7, 11) is 0. The Labute approximate surface area is 292 Å². The minimum absolute atomic E-state index is 0.571. The van der Waals surface area contributed by atoms with Gasteiger partial charge in [0.1, 0.15) is 11.2 Å². The van der Waals surface area contributed by atoms with E-state index in [2.05, 4.69) is 54.6 Å². The van der Waals surface area contributed by atoms with Crippen LogP contribution in [0.15, 0.2) is 168 Å². The lowest BCUT2D eigenvalue weighted by atomic mass is 10.0. The van der Waals surface area contributed by atoms with Crippen molar-refractivity contribution in [3.63, 3.8) is 0 Å². The zero-order valence-electron chi connectivity index (χ0n) is 27.2. The van der Waals surface area contributed by atoms with Crippen LogP contribution in [0.4, 0.5) is 0 Å². The first-order chi connectivity index (χ1) is 25.3. The Bertz CT molecular complexity index is 2860. The second-order valence-electron chi connectivity index (χ2n) is 12.5. The molecular formula is C45H27N5O. The first-order valence-electron chi connectivity index (χ1n) is 16.8. The fraction of sp³-hybridized carbons (Fsp3) is 0. The third-order valence-corrected chi connectivity index (χ3v) is 9.33. The molecule has 0 saturated carbocycles. The molecule has 0 aliphatic carbocycles. The molecule has 0 aliphatic rings. The minimum Gasteiger partial charge on any atom is -0.455 e. The van der Waals surface area contributed by atoms with Gasteiger partial charge in [0.15, 0.2) is 23.3 Å². The molecular weight excluding hydrogens is 627 g/mol. The monoisotopic (exact) mass is 653 g/mol.